The molecule has 0 aromatic heterocycles. The second-order valence-corrected chi connectivity index (χ2v) is 2.70. The van der Waals surface area contributed by atoms with Crippen molar-refractivity contribution in [3.05, 3.63) is 16.9 Å². The number of anilines is 1. The van der Waals surface area contributed by atoms with Crippen LogP contribution in [-0.4, -0.2) is 14.2 Å². The van der Waals surface area contributed by atoms with E-state index in [-0.39, 0.29) is 22.2 Å². The molecule has 0 aliphatic heterocycles. The van der Waals surface area contributed by atoms with Crippen LogP contribution in [0.5, 0.6) is 11.5 Å². The molecule has 0 atom stereocenters. The van der Waals surface area contributed by atoms with Gasteiger partial charge < -0.3 is 15.2 Å². The van der Waals surface area contributed by atoms with Gasteiger partial charge in [0.2, 0.25) is 0 Å². The number of halogens is 2. The van der Waals surface area contributed by atoms with Crippen LogP contribution in [0.25, 0.3) is 0 Å². The number of benzene rings is 1. The minimum absolute atomic E-state index is 0.0127. The summed E-state index contributed by atoms with van der Waals surface area (Å²) in [5.41, 5.74) is 5.20. The van der Waals surface area contributed by atoms with Crippen molar-refractivity contribution in [3.63, 3.8) is 0 Å². The summed E-state index contributed by atoms with van der Waals surface area (Å²) in [6, 6.07) is 1.34. The molecular weight excluding hydrogens is 197 g/mol. The number of methoxy groups -OCH3 is 2. The minimum atomic E-state index is -0.673. The van der Waals surface area contributed by atoms with Crippen LogP contribution >= 0.6 is 11.6 Å². The number of nitrogens with two attached hydrogens (primary N) is 1. The predicted molar refractivity (Wildman–Crippen MR) is 48.9 cm³/mol. The molecule has 0 unspecified atom stereocenters. The molecule has 0 heterocycles. The van der Waals surface area contributed by atoms with E-state index in [0.29, 0.717) is 0 Å². The fourth-order valence-corrected chi connectivity index (χ4v) is 1.12. The molecule has 0 amide bonds. The van der Waals surface area contributed by atoms with Gasteiger partial charge in [0.25, 0.3) is 0 Å². The van der Waals surface area contributed by atoms with Crippen LogP contribution in [0.1, 0.15) is 0 Å². The highest BCUT2D eigenvalue weighted by Gasteiger charge is 2.15. The van der Waals surface area contributed by atoms with Crippen molar-refractivity contribution in [1.29, 1.82) is 0 Å². The van der Waals surface area contributed by atoms with Crippen LogP contribution in [0, 0.1) is 5.82 Å². The monoisotopic (exact) mass is 205 g/mol. The first-order valence-corrected chi connectivity index (χ1v) is 3.85. The normalized spacial score (nSPS) is 9.85. The lowest BCUT2D eigenvalue weighted by molar-refractivity contribution is 0.375. The molecule has 0 aliphatic rings. The van der Waals surface area contributed by atoms with Crippen molar-refractivity contribution in [1.82, 2.24) is 0 Å². The Morgan fingerprint density at radius 2 is 1.85 bits per heavy atom. The zero-order valence-electron chi connectivity index (χ0n) is 7.23. The molecule has 1 rings (SSSR count). The van der Waals surface area contributed by atoms with Gasteiger partial charge in [-0.2, -0.15) is 0 Å². The number of hydrogen-bond donors (Lipinski definition) is 1. The fraction of sp³-hybridized carbons (Fsp3) is 0.250. The highest BCUT2D eigenvalue weighted by atomic mass is 35.5. The third-order valence-electron chi connectivity index (χ3n) is 1.61. The van der Waals surface area contributed by atoms with E-state index in [1.54, 1.807) is 0 Å². The van der Waals surface area contributed by atoms with Crippen LogP contribution in [-0.2, 0) is 0 Å². The molecule has 1 aromatic rings. The lowest BCUT2D eigenvalue weighted by Gasteiger charge is -2.09. The van der Waals surface area contributed by atoms with E-state index in [1.165, 1.54) is 20.3 Å². The van der Waals surface area contributed by atoms with Gasteiger partial charge in [0.15, 0.2) is 11.6 Å². The average Bonchev–Trinajstić information content (AvgIpc) is 2.15. The van der Waals surface area contributed by atoms with Crippen molar-refractivity contribution >= 4 is 17.3 Å². The van der Waals surface area contributed by atoms with E-state index in [1.807, 2.05) is 0 Å². The zero-order chi connectivity index (χ0) is 10.0. The van der Waals surface area contributed by atoms with E-state index in [0.717, 1.165) is 0 Å². The van der Waals surface area contributed by atoms with Crippen molar-refractivity contribution in [2.45, 2.75) is 0 Å². The average molecular weight is 206 g/mol. The van der Waals surface area contributed by atoms with Crippen molar-refractivity contribution in [2.24, 2.45) is 0 Å². The Hall–Kier alpha value is -1.16. The number of rotatable bonds is 2. The summed E-state index contributed by atoms with van der Waals surface area (Å²) >= 11 is 5.68. The molecule has 2 N–H and O–H groups in total. The summed E-state index contributed by atoms with van der Waals surface area (Å²) in [6.07, 6.45) is 0. The highest BCUT2D eigenvalue weighted by molar-refractivity contribution is 6.34. The first-order chi connectivity index (χ1) is 6.11. The molecule has 0 saturated heterocycles. The van der Waals surface area contributed by atoms with Crippen LogP contribution in [0.3, 0.4) is 0 Å². The maximum Gasteiger partial charge on any atom is 0.189 e. The van der Waals surface area contributed by atoms with Crippen molar-refractivity contribution < 1.29 is 13.9 Å². The molecule has 0 bridgehead atoms. The Morgan fingerprint density at radius 1 is 1.31 bits per heavy atom. The largest absolute Gasteiger partial charge is 0.495 e. The van der Waals surface area contributed by atoms with Crippen molar-refractivity contribution in [3.8, 4) is 11.5 Å². The van der Waals surface area contributed by atoms with Gasteiger partial charge in [-0.25, -0.2) is 4.39 Å². The van der Waals surface area contributed by atoms with Crippen LogP contribution in [0.15, 0.2) is 6.07 Å². The van der Waals surface area contributed by atoms with Gasteiger partial charge in [-0.3, -0.25) is 0 Å². The van der Waals surface area contributed by atoms with E-state index in [2.05, 4.69) is 0 Å². The molecule has 3 nitrogen and oxygen atoms in total. The summed E-state index contributed by atoms with van der Waals surface area (Å²) < 4.78 is 22.8. The zero-order valence-corrected chi connectivity index (χ0v) is 7.98. The summed E-state index contributed by atoms with van der Waals surface area (Å²) in [7, 11) is 2.75. The first kappa shape index (κ1) is 9.92. The fourth-order valence-electron chi connectivity index (χ4n) is 0.905. The molecule has 72 valence electrons. The molecule has 0 saturated carbocycles. The van der Waals surface area contributed by atoms with E-state index < -0.39 is 5.82 Å². The Kier molecular flexibility index (Phi) is 2.83. The van der Waals surface area contributed by atoms with Gasteiger partial charge in [-0.05, 0) is 0 Å². The van der Waals surface area contributed by atoms with Gasteiger partial charge in [0.1, 0.15) is 10.8 Å². The molecule has 0 aliphatic carbocycles. The maximum atomic E-state index is 13.2. The Bertz CT molecular complexity index is 302. The quantitative estimate of drug-likeness (QED) is 0.752. The summed E-state index contributed by atoms with van der Waals surface area (Å²) in [5.74, 6) is -0.371. The van der Waals surface area contributed by atoms with Gasteiger partial charge in [0, 0.05) is 6.07 Å². The summed E-state index contributed by atoms with van der Waals surface area (Å²) in [5, 5.41) is 0.0563. The number of hydrogen-bond acceptors (Lipinski definition) is 3. The molecule has 13 heavy (non-hydrogen) atoms. The molecular formula is C8H9ClFNO2. The summed E-state index contributed by atoms with van der Waals surface area (Å²) in [4.78, 5) is 0. The highest BCUT2D eigenvalue weighted by Crippen LogP contribution is 2.37. The van der Waals surface area contributed by atoms with Gasteiger partial charge in [-0.1, -0.05) is 11.6 Å². The summed E-state index contributed by atoms with van der Waals surface area (Å²) in [6.45, 7) is 0. The molecule has 5 heteroatoms. The van der Waals surface area contributed by atoms with E-state index in [4.69, 9.17) is 26.8 Å². The Labute approximate surface area is 80.2 Å². The maximum absolute atomic E-state index is 13.2. The Balaban J connectivity index is 3.36. The predicted octanol–water partition coefficient (Wildman–Crippen LogP) is 2.08. The molecule has 1 aromatic carbocycles. The van der Waals surface area contributed by atoms with Crippen LogP contribution < -0.4 is 15.2 Å². The first-order valence-electron chi connectivity index (χ1n) is 3.47. The lowest BCUT2D eigenvalue weighted by atomic mass is 10.2. The minimum Gasteiger partial charge on any atom is -0.495 e. The topological polar surface area (TPSA) is 44.5 Å². The van der Waals surface area contributed by atoms with Gasteiger partial charge in [0.05, 0.1) is 19.9 Å². The standard InChI is InChI=1S/C8H9ClFNO2/c1-12-4-3-5(13-2)7(10)8(11)6(4)9/h3H,11H2,1-2H3. The van der Waals surface area contributed by atoms with Gasteiger partial charge >= 0.3 is 0 Å². The van der Waals surface area contributed by atoms with Crippen LogP contribution in [0.2, 0.25) is 5.02 Å². The third-order valence-corrected chi connectivity index (χ3v) is 2.00. The third kappa shape index (κ3) is 1.62. The lowest BCUT2D eigenvalue weighted by Crippen LogP contribution is -1.98. The number of ether oxygens (including phenoxy) is 2. The van der Waals surface area contributed by atoms with Gasteiger partial charge in [-0.15, -0.1) is 0 Å². The SMILES string of the molecule is COc1cc(OC)c(Cl)c(N)c1F. The second kappa shape index (κ2) is 3.70. The van der Waals surface area contributed by atoms with E-state index >= 15 is 0 Å². The smallest absolute Gasteiger partial charge is 0.189 e. The van der Waals surface area contributed by atoms with Crippen molar-refractivity contribution in [2.75, 3.05) is 20.0 Å². The number of nitrogen functional groups attached to an aromatic ring is 1. The second-order valence-electron chi connectivity index (χ2n) is 2.32. The molecule has 0 spiro atoms. The molecule has 0 radical (unpaired) electrons. The Morgan fingerprint density at radius 3 is 2.31 bits per heavy atom. The van der Waals surface area contributed by atoms with Crippen LogP contribution in [0.4, 0.5) is 10.1 Å². The molecule has 0 fully saturated rings. The van der Waals surface area contributed by atoms with E-state index in [9.17, 15) is 4.39 Å².